The Morgan fingerprint density at radius 2 is 1.76 bits per heavy atom. The maximum Gasteiger partial charge on any atom is 0.141 e. The van der Waals surface area contributed by atoms with Crippen molar-refractivity contribution in [1.29, 1.82) is 0 Å². The lowest BCUT2D eigenvalue weighted by Crippen LogP contribution is -2.35. The third kappa shape index (κ3) is 5.06. The van der Waals surface area contributed by atoms with Crippen molar-refractivity contribution in [3.8, 4) is 11.8 Å². The highest BCUT2D eigenvalue weighted by atomic mass is 32.2. The van der Waals surface area contributed by atoms with Crippen LogP contribution >= 0.6 is 11.8 Å². The minimum Gasteiger partial charge on any atom is -0.257 e. The molecule has 0 N–H and O–H groups in total. The molecule has 1 aliphatic heterocycles. The number of hydrogen-bond acceptors (Lipinski definition) is 2. The van der Waals surface area contributed by atoms with Crippen molar-refractivity contribution in [3.63, 3.8) is 0 Å². The molecule has 1 fully saturated rings. The van der Waals surface area contributed by atoms with Gasteiger partial charge < -0.3 is 0 Å². The molecule has 3 atom stereocenters. The molecule has 0 spiro atoms. The number of thioether (sulfide) groups is 1. The molecule has 0 bridgehead atoms. The van der Waals surface area contributed by atoms with Gasteiger partial charge in [0, 0.05) is 22.0 Å². The van der Waals surface area contributed by atoms with E-state index < -0.39 is 10.8 Å². The minimum atomic E-state index is -0.800. The fraction of sp³-hybridized carbons (Fsp3) is 0.857. The maximum atomic E-state index is 12.2. The molecule has 98 valence electrons. The van der Waals surface area contributed by atoms with Crippen molar-refractivity contribution in [1.82, 2.24) is 0 Å². The van der Waals surface area contributed by atoms with Gasteiger partial charge in [-0.25, -0.2) is 0 Å². The van der Waals surface area contributed by atoms with Crippen molar-refractivity contribution in [2.75, 3.05) is 11.5 Å². The molecule has 0 aromatic carbocycles. The Morgan fingerprint density at radius 1 is 1.18 bits per heavy atom. The molecular formula is C14H24OS2. The molecule has 0 saturated carbocycles. The second kappa shape index (κ2) is 5.36. The van der Waals surface area contributed by atoms with E-state index in [1.54, 1.807) is 11.8 Å². The standard InChI is InChI=1S/C14H24OS2/c1-13(2,3)8-7-12-16-9-11(10-17(12)15)14(4,5)6/h11-12H,9-10H2,1-6H3. The Bertz CT molecular complexity index is 349. The third-order valence-electron chi connectivity index (χ3n) is 2.84. The van der Waals surface area contributed by atoms with E-state index in [0.717, 1.165) is 11.5 Å². The first-order valence-corrected chi connectivity index (χ1v) is 8.54. The van der Waals surface area contributed by atoms with E-state index in [0.29, 0.717) is 5.92 Å². The van der Waals surface area contributed by atoms with Crippen LogP contribution in [0, 0.1) is 28.6 Å². The first-order chi connectivity index (χ1) is 7.59. The predicted molar refractivity (Wildman–Crippen MR) is 79.4 cm³/mol. The highest BCUT2D eigenvalue weighted by Crippen LogP contribution is 2.36. The Balaban J connectivity index is 2.66. The molecule has 0 aliphatic carbocycles. The Labute approximate surface area is 113 Å². The lowest BCUT2D eigenvalue weighted by atomic mass is 9.83. The Morgan fingerprint density at radius 3 is 2.18 bits per heavy atom. The molecule has 1 nitrogen and oxygen atoms in total. The summed E-state index contributed by atoms with van der Waals surface area (Å²) in [7, 11) is -0.800. The fourth-order valence-electron chi connectivity index (χ4n) is 1.50. The molecule has 0 radical (unpaired) electrons. The van der Waals surface area contributed by atoms with Gasteiger partial charge in [-0.15, -0.1) is 11.8 Å². The van der Waals surface area contributed by atoms with Crippen LogP contribution in [0.2, 0.25) is 0 Å². The summed E-state index contributed by atoms with van der Waals surface area (Å²) in [5.74, 6) is 8.84. The van der Waals surface area contributed by atoms with E-state index in [-0.39, 0.29) is 15.4 Å². The van der Waals surface area contributed by atoms with Gasteiger partial charge in [-0.3, -0.25) is 4.21 Å². The fourth-order valence-corrected chi connectivity index (χ4v) is 5.27. The molecule has 1 rings (SSSR count). The molecule has 1 saturated heterocycles. The lowest BCUT2D eigenvalue weighted by Gasteiger charge is -2.34. The van der Waals surface area contributed by atoms with Crippen LogP contribution in [0.25, 0.3) is 0 Å². The van der Waals surface area contributed by atoms with Crippen LogP contribution in [0.4, 0.5) is 0 Å². The molecule has 0 aromatic heterocycles. The zero-order valence-corrected chi connectivity index (χ0v) is 13.4. The van der Waals surface area contributed by atoms with Crippen LogP contribution in [0.3, 0.4) is 0 Å². The van der Waals surface area contributed by atoms with Crippen molar-refractivity contribution >= 4 is 22.6 Å². The second-order valence-corrected chi connectivity index (χ2v) is 9.80. The van der Waals surface area contributed by atoms with Gasteiger partial charge in [0.2, 0.25) is 0 Å². The van der Waals surface area contributed by atoms with E-state index >= 15 is 0 Å². The molecule has 17 heavy (non-hydrogen) atoms. The molecule has 3 heteroatoms. The highest BCUT2D eigenvalue weighted by molar-refractivity contribution is 8.12. The number of hydrogen-bond donors (Lipinski definition) is 0. The lowest BCUT2D eigenvalue weighted by molar-refractivity contribution is 0.291. The summed E-state index contributed by atoms with van der Waals surface area (Å²) in [6.45, 7) is 13.0. The summed E-state index contributed by atoms with van der Waals surface area (Å²) in [4.78, 5) is 0. The maximum absolute atomic E-state index is 12.2. The van der Waals surface area contributed by atoms with Crippen molar-refractivity contribution < 1.29 is 4.21 Å². The van der Waals surface area contributed by atoms with Gasteiger partial charge in [0.15, 0.2) is 0 Å². The average Bonchev–Trinajstić information content (AvgIpc) is 2.12. The summed E-state index contributed by atoms with van der Waals surface area (Å²) < 4.78 is 12.2. The quantitative estimate of drug-likeness (QED) is 0.628. The Hall–Kier alpha value is 0.0600. The summed E-state index contributed by atoms with van der Waals surface area (Å²) in [6.07, 6.45) is 0. The molecular weight excluding hydrogens is 248 g/mol. The average molecular weight is 272 g/mol. The van der Waals surface area contributed by atoms with E-state index in [9.17, 15) is 4.21 Å². The smallest absolute Gasteiger partial charge is 0.141 e. The highest BCUT2D eigenvalue weighted by Gasteiger charge is 2.33. The van der Waals surface area contributed by atoms with Crippen molar-refractivity contribution in [3.05, 3.63) is 0 Å². The van der Waals surface area contributed by atoms with Gasteiger partial charge in [0.25, 0.3) is 0 Å². The van der Waals surface area contributed by atoms with Crippen LogP contribution in [0.15, 0.2) is 0 Å². The van der Waals surface area contributed by atoms with Crippen LogP contribution in [-0.4, -0.2) is 20.3 Å². The molecule has 1 aliphatic rings. The largest absolute Gasteiger partial charge is 0.257 e. The molecule has 1 heterocycles. The zero-order valence-electron chi connectivity index (χ0n) is 11.8. The zero-order chi connectivity index (χ0) is 13.3. The summed E-state index contributed by atoms with van der Waals surface area (Å²) in [5, 5.41) is 0. The number of rotatable bonds is 0. The SMILES string of the molecule is CC(C)(C)C#CC1SCC(C(C)(C)C)CS1=O. The molecule has 0 aromatic rings. The van der Waals surface area contributed by atoms with Gasteiger partial charge in [-0.2, -0.15) is 0 Å². The van der Waals surface area contributed by atoms with Crippen molar-refractivity contribution in [2.45, 2.75) is 46.1 Å². The minimum absolute atomic E-state index is 0.00559. The van der Waals surface area contributed by atoms with Gasteiger partial charge in [-0.1, -0.05) is 32.6 Å². The van der Waals surface area contributed by atoms with E-state index in [1.165, 1.54) is 0 Å². The van der Waals surface area contributed by atoms with E-state index in [2.05, 4.69) is 53.4 Å². The van der Waals surface area contributed by atoms with E-state index in [1.807, 2.05) is 0 Å². The summed E-state index contributed by atoms with van der Waals surface area (Å²) in [6, 6.07) is 0. The summed E-state index contributed by atoms with van der Waals surface area (Å²) in [5.41, 5.74) is 0.261. The topological polar surface area (TPSA) is 17.1 Å². The van der Waals surface area contributed by atoms with Gasteiger partial charge in [0.1, 0.15) is 4.58 Å². The van der Waals surface area contributed by atoms with Crippen LogP contribution < -0.4 is 0 Å². The molecule has 0 amide bonds. The van der Waals surface area contributed by atoms with Crippen LogP contribution in [-0.2, 0) is 10.8 Å². The third-order valence-corrected chi connectivity index (χ3v) is 6.24. The predicted octanol–water partition coefficient (Wildman–Crippen LogP) is 3.52. The first-order valence-electron chi connectivity index (χ1n) is 6.11. The normalized spacial score (nSPS) is 30.6. The Kier molecular flexibility index (Phi) is 4.77. The first kappa shape index (κ1) is 15.1. The second-order valence-electron chi connectivity index (χ2n) is 6.79. The summed E-state index contributed by atoms with van der Waals surface area (Å²) >= 11 is 1.77. The van der Waals surface area contributed by atoms with Gasteiger partial charge >= 0.3 is 0 Å². The monoisotopic (exact) mass is 272 g/mol. The van der Waals surface area contributed by atoms with Gasteiger partial charge in [0.05, 0.1) is 0 Å². The molecule has 3 unspecified atom stereocenters. The van der Waals surface area contributed by atoms with Gasteiger partial charge in [-0.05, 0) is 37.9 Å². The van der Waals surface area contributed by atoms with Crippen molar-refractivity contribution in [2.24, 2.45) is 16.7 Å². The van der Waals surface area contributed by atoms with E-state index in [4.69, 9.17) is 0 Å². The van der Waals surface area contributed by atoms with Crippen LogP contribution in [0.5, 0.6) is 0 Å². The van der Waals surface area contributed by atoms with Crippen LogP contribution in [0.1, 0.15) is 41.5 Å².